The Kier molecular flexibility index (Phi) is 12.2. The third-order valence-corrected chi connectivity index (χ3v) is 13.1. The average molecular weight is 820 g/mol. The van der Waals surface area contributed by atoms with Crippen LogP contribution in [0.1, 0.15) is 70.4 Å². The number of carboxylic acids is 1. The summed E-state index contributed by atoms with van der Waals surface area (Å²) in [5, 5.41) is 9.40. The minimum absolute atomic E-state index is 0.0184. The van der Waals surface area contributed by atoms with Gasteiger partial charge in [0.2, 0.25) is 5.69 Å². The summed E-state index contributed by atoms with van der Waals surface area (Å²) in [6, 6.07) is 8.01. The summed E-state index contributed by atoms with van der Waals surface area (Å²) in [6.45, 7) is 5.78. The summed E-state index contributed by atoms with van der Waals surface area (Å²) in [5.74, 6) is -2.22. The van der Waals surface area contributed by atoms with E-state index in [1.54, 1.807) is 37.0 Å². The monoisotopic (exact) mass is 819 g/mol. The van der Waals surface area contributed by atoms with Crippen molar-refractivity contribution in [3.05, 3.63) is 71.5 Å². The van der Waals surface area contributed by atoms with Crippen molar-refractivity contribution in [2.24, 2.45) is 0 Å². The molecule has 0 aromatic heterocycles. The Morgan fingerprint density at radius 2 is 1.32 bits per heavy atom. The molecule has 20 heteroatoms. The molecule has 2 heterocycles. The van der Waals surface area contributed by atoms with E-state index in [9.17, 15) is 61.8 Å². The number of rotatable bonds is 17. The first-order valence-electron chi connectivity index (χ1n) is 16.5. The molecule has 0 radical (unpaired) electrons. The molecular formula is C33H43N2O14S4+. The molecule has 2 unspecified atom stereocenters. The number of carbonyl (C=O) groups is 1. The minimum Gasteiger partial charge on any atom is -0.481 e. The van der Waals surface area contributed by atoms with E-state index in [4.69, 9.17) is 0 Å². The molecule has 292 valence electrons. The van der Waals surface area contributed by atoms with Crippen LogP contribution in [-0.2, 0) is 56.1 Å². The first-order chi connectivity index (χ1) is 24.3. The van der Waals surface area contributed by atoms with Gasteiger partial charge in [-0.2, -0.15) is 38.2 Å². The lowest BCUT2D eigenvalue weighted by Crippen LogP contribution is -2.32. The molecular weight excluding hydrogens is 777 g/mol. The third-order valence-electron chi connectivity index (χ3n) is 9.77. The minimum atomic E-state index is -4.66. The van der Waals surface area contributed by atoms with Crippen LogP contribution in [0.15, 0.2) is 70.1 Å². The molecule has 2 atom stereocenters. The smallest absolute Gasteiger partial charge is 0.303 e. The molecule has 2 aliphatic rings. The summed E-state index contributed by atoms with van der Waals surface area (Å²) < 4.78 is 136. The van der Waals surface area contributed by atoms with Crippen LogP contribution in [0.25, 0.3) is 0 Å². The molecule has 2 aromatic carbocycles. The van der Waals surface area contributed by atoms with Crippen LogP contribution in [-0.4, -0.2) is 97.8 Å². The van der Waals surface area contributed by atoms with Crippen LogP contribution in [0, 0.1) is 0 Å². The normalized spacial score (nSPS) is 21.5. The van der Waals surface area contributed by atoms with Crippen molar-refractivity contribution in [3.63, 3.8) is 0 Å². The Bertz CT molecular complexity index is 2330. The van der Waals surface area contributed by atoms with Crippen molar-refractivity contribution in [3.8, 4) is 0 Å². The van der Waals surface area contributed by atoms with Crippen molar-refractivity contribution in [1.82, 2.24) is 0 Å². The second-order valence-corrected chi connectivity index (χ2v) is 19.4. The molecule has 0 fully saturated rings. The molecule has 2 aromatic rings. The van der Waals surface area contributed by atoms with Gasteiger partial charge in [-0.1, -0.05) is 6.08 Å². The number of allylic oxidation sites excluding steroid dienone is 4. The van der Waals surface area contributed by atoms with E-state index < -0.39 is 73.7 Å². The molecule has 0 saturated carbocycles. The van der Waals surface area contributed by atoms with Gasteiger partial charge in [-0.05, 0) is 94.8 Å². The fourth-order valence-electron chi connectivity index (χ4n) is 7.33. The van der Waals surface area contributed by atoms with Crippen LogP contribution >= 0.6 is 0 Å². The highest BCUT2D eigenvalue weighted by molar-refractivity contribution is 7.86. The van der Waals surface area contributed by atoms with E-state index in [0.29, 0.717) is 40.5 Å². The van der Waals surface area contributed by atoms with Crippen molar-refractivity contribution in [2.75, 3.05) is 29.5 Å². The maximum Gasteiger partial charge on any atom is 0.303 e. The van der Waals surface area contributed by atoms with Crippen molar-refractivity contribution < 1.29 is 66.4 Å². The van der Waals surface area contributed by atoms with E-state index in [1.807, 2.05) is 11.5 Å². The van der Waals surface area contributed by atoms with Gasteiger partial charge >= 0.3 is 5.97 Å². The van der Waals surface area contributed by atoms with Crippen molar-refractivity contribution in [1.29, 1.82) is 0 Å². The number of benzene rings is 2. The molecule has 0 aliphatic carbocycles. The summed E-state index contributed by atoms with van der Waals surface area (Å²) in [6.07, 6.45) is 5.24. The topological polar surface area (TPSA) is 261 Å². The molecule has 0 spiro atoms. The summed E-state index contributed by atoms with van der Waals surface area (Å²) in [5.41, 5.74) is 0.954. The fourth-order valence-corrected chi connectivity index (χ4v) is 9.35. The van der Waals surface area contributed by atoms with Crippen molar-refractivity contribution in [2.45, 2.75) is 79.9 Å². The lowest BCUT2D eigenvalue weighted by molar-refractivity contribution is -0.433. The molecule has 16 nitrogen and oxygen atoms in total. The zero-order valence-electron chi connectivity index (χ0n) is 29.2. The van der Waals surface area contributed by atoms with Crippen LogP contribution in [0.2, 0.25) is 0 Å². The maximum absolute atomic E-state index is 12.2. The SMILES string of the molecule is CC[N+]1=C(/C=C/C=C2/N(CCCS(=O)(=O)O)c3ccc(S(=O)(=O)O)cc3C2(C)CCCC(=O)O)C(C)(CCCS(=O)(=O)O)c2cc(S(=O)(=O)O)ccc21. The summed E-state index contributed by atoms with van der Waals surface area (Å²) in [7, 11) is -18.0. The Labute approximate surface area is 309 Å². The molecule has 0 amide bonds. The van der Waals surface area contributed by atoms with E-state index in [-0.39, 0.29) is 50.0 Å². The first kappa shape index (κ1) is 42.2. The van der Waals surface area contributed by atoms with Gasteiger partial charge in [0.1, 0.15) is 6.54 Å². The van der Waals surface area contributed by atoms with Gasteiger partial charge in [0.15, 0.2) is 5.71 Å². The number of anilines is 1. The fraction of sp³-hybridized carbons (Fsp3) is 0.455. The number of hydrogen-bond acceptors (Lipinski definition) is 10. The van der Waals surface area contributed by atoms with Gasteiger partial charge in [0, 0.05) is 47.5 Å². The number of fused-ring (bicyclic) bond motifs is 2. The molecule has 4 rings (SSSR count). The van der Waals surface area contributed by atoms with E-state index >= 15 is 0 Å². The second-order valence-electron chi connectivity index (χ2n) is 13.4. The van der Waals surface area contributed by atoms with Gasteiger partial charge in [-0.15, -0.1) is 0 Å². The highest BCUT2D eigenvalue weighted by Gasteiger charge is 2.48. The number of nitrogens with zero attached hydrogens (tertiary/aromatic N) is 2. The molecule has 2 aliphatic heterocycles. The highest BCUT2D eigenvalue weighted by atomic mass is 32.2. The molecule has 0 saturated heterocycles. The van der Waals surface area contributed by atoms with Crippen LogP contribution in [0.3, 0.4) is 0 Å². The molecule has 5 N–H and O–H groups in total. The maximum atomic E-state index is 12.2. The van der Waals surface area contributed by atoms with E-state index in [1.165, 1.54) is 36.4 Å². The quantitative estimate of drug-likeness (QED) is 0.112. The standard InChI is InChI=1S/C33H42N2O14S4/c1-4-34-27-14-12-23(52(44,45)46)21-25(27)33(3,17-7-19-50(38,39)40)29(34)9-5-10-30-32(2,16-6-11-31(36)37)26-22-24(53(47,48)49)13-15-28(26)35(30)18-8-20-51(41,42)43/h5,9-10,12-15,21-22H,4,6-8,11,16-20H2,1-3H3,(H4-,36,37,38,39,40,41,42,43,44,45,46,47,48,49)/p+1. The zero-order valence-corrected chi connectivity index (χ0v) is 32.5. The Balaban J connectivity index is 1.91. The van der Waals surface area contributed by atoms with Crippen LogP contribution in [0.5, 0.6) is 0 Å². The molecule has 0 bridgehead atoms. The Morgan fingerprint density at radius 1 is 0.774 bits per heavy atom. The van der Waals surface area contributed by atoms with Gasteiger partial charge in [0.05, 0.1) is 26.7 Å². The Morgan fingerprint density at radius 3 is 1.87 bits per heavy atom. The molecule has 53 heavy (non-hydrogen) atoms. The second kappa shape index (κ2) is 15.3. The van der Waals surface area contributed by atoms with Crippen LogP contribution < -0.4 is 4.90 Å². The van der Waals surface area contributed by atoms with E-state index in [2.05, 4.69) is 0 Å². The van der Waals surface area contributed by atoms with Crippen LogP contribution in [0.4, 0.5) is 11.4 Å². The van der Waals surface area contributed by atoms with E-state index in [0.717, 1.165) is 0 Å². The Hall–Kier alpha value is -3.50. The van der Waals surface area contributed by atoms with Crippen molar-refractivity contribution >= 4 is 63.5 Å². The average Bonchev–Trinajstić information content (AvgIpc) is 3.39. The number of hydrogen-bond donors (Lipinski definition) is 5. The number of aliphatic carboxylic acids is 1. The van der Waals surface area contributed by atoms with Gasteiger partial charge in [0.25, 0.3) is 40.5 Å². The van der Waals surface area contributed by atoms with Gasteiger partial charge < -0.3 is 10.0 Å². The largest absolute Gasteiger partial charge is 0.481 e. The lowest BCUT2D eigenvalue weighted by atomic mass is 9.75. The predicted molar refractivity (Wildman–Crippen MR) is 195 cm³/mol. The zero-order chi connectivity index (χ0) is 39.8. The van der Waals surface area contributed by atoms with Gasteiger partial charge in [-0.25, -0.2) is 0 Å². The summed E-state index contributed by atoms with van der Waals surface area (Å²) >= 11 is 0. The summed E-state index contributed by atoms with van der Waals surface area (Å²) in [4.78, 5) is 12.5. The number of carboxylic acid groups (broad SMARTS) is 1. The van der Waals surface area contributed by atoms with Gasteiger partial charge in [-0.3, -0.25) is 23.0 Å². The first-order valence-corrected chi connectivity index (χ1v) is 22.6. The third kappa shape index (κ3) is 9.60. The lowest BCUT2D eigenvalue weighted by Gasteiger charge is -2.30. The predicted octanol–water partition coefficient (Wildman–Crippen LogP) is 3.98. The highest BCUT2D eigenvalue weighted by Crippen LogP contribution is 2.51.